The third-order valence-corrected chi connectivity index (χ3v) is 0.403. The molecule has 0 radical (unpaired) electrons. The number of aliphatic carboxylic acids is 4. The van der Waals surface area contributed by atoms with Gasteiger partial charge in [0.15, 0.2) is 0 Å². The second-order valence-corrected chi connectivity index (χ2v) is 1.82. The van der Waals surface area contributed by atoms with Gasteiger partial charge in [-0.2, -0.15) is 0 Å². The molecule has 0 spiro atoms. The minimum Gasteiger partial charge on any atom is -0.476 e. The molecule has 0 aliphatic rings. The summed E-state index contributed by atoms with van der Waals surface area (Å²) in [7, 11) is 0. The van der Waals surface area contributed by atoms with Crippen LogP contribution in [-0.2, 0) is 60.1 Å². The summed E-state index contributed by atoms with van der Waals surface area (Å²) in [5, 5.41) is 29.4. The molecule has 0 aromatic carbocycles. The van der Waals surface area contributed by atoms with Gasteiger partial charge in [0.05, 0.1) is 0 Å². The molecular weight excluding hydrogens is 336 g/mol. The van der Waals surface area contributed by atoms with Gasteiger partial charge in [0.2, 0.25) is 25.1 Å². The Morgan fingerprint density at radius 3 is 0.524 bits per heavy atom. The molecule has 0 fully saturated rings. The fraction of sp³-hybridized carbons (Fsp3) is 0. The van der Waals surface area contributed by atoms with Gasteiger partial charge in [0.25, 0.3) is 0 Å². The number of rotatable bonds is 4. The molecule has 0 saturated heterocycles. The summed E-state index contributed by atoms with van der Waals surface area (Å²) in [5.41, 5.74) is 0. The number of carboxylic acid groups (broad SMARTS) is 4. The first kappa shape index (κ1) is 30.9. The fourth-order valence-corrected chi connectivity index (χ4v) is 0. The molecule has 0 aromatic rings. The molecule has 0 atom stereocenters. The third kappa shape index (κ3) is 145. The van der Waals surface area contributed by atoms with E-state index in [1.54, 1.807) is 0 Å². The molecule has 0 unspecified atom stereocenters. The van der Waals surface area contributed by atoms with Crippen molar-refractivity contribution < 1.29 is 80.5 Å². The van der Waals surface area contributed by atoms with Crippen LogP contribution >= 0.6 is 0 Å². The van der Waals surface area contributed by atoms with Crippen LogP contribution in [0.15, 0.2) is 0 Å². The molecule has 0 amide bonds. The maximum atomic E-state index is 9.00. The van der Waals surface area contributed by atoms with E-state index < -0.39 is 23.9 Å². The molecule has 12 nitrogen and oxygen atoms in total. The maximum Gasteiger partial charge on any atom is 0.368 e. The van der Waals surface area contributed by atoms with Crippen LogP contribution in [0.2, 0.25) is 0 Å². The van der Waals surface area contributed by atoms with Crippen molar-refractivity contribution in [1.82, 2.24) is 0 Å². The van der Waals surface area contributed by atoms with E-state index in [-0.39, 0.29) is 46.9 Å². The van der Waals surface area contributed by atoms with E-state index in [4.69, 9.17) is 58.8 Å². The van der Waals surface area contributed by atoms with Crippen LogP contribution < -0.4 is 0 Å². The molecule has 13 heteroatoms. The van der Waals surface area contributed by atoms with Crippen LogP contribution in [0.5, 0.6) is 0 Å². The maximum absolute atomic E-state index is 9.00. The van der Waals surface area contributed by atoms with Crippen LogP contribution in [0.3, 0.4) is 0 Å². The van der Waals surface area contributed by atoms with E-state index in [0.717, 1.165) is 0 Å². The number of carbonyl (C=O) groups excluding carboxylic acids is 4. The van der Waals surface area contributed by atoms with Crippen molar-refractivity contribution >= 4 is 49.0 Å². The first-order chi connectivity index (χ1) is 9.08. The van der Waals surface area contributed by atoms with Gasteiger partial charge in [-0.05, 0) is 0 Å². The van der Waals surface area contributed by atoms with Crippen molar-refractivity contribution in [2.75, 3.05) is 0 Å². The van der Waals surface area contributed by atoms with E-state index in [9.17, 15) is 0 Å². The monoisotopic (exact) mass is 344 g/mol. The molecule has 0 aromatic heterocycles. The smallest absolute Gasteiger partial charge is 0.368 e. The molecule has 116 valence electrons. The second kappa shape index (κ2) is 26.0. The Hall–Kier alpha value is -2.73. The van der Waals surface area contributed by atoms with Gasteiger partial charge in [0, 0.05) is 21.7 Å². The van der Waals surface area contributed by atoms with Gasteiger partial charge in [0.1, 0.15) is 0 Å². The van der Waals surface area contributed by atoms with Crippen LogP contribution in [0.25, 0.3) is 0 Å². The molecule has 0 aliphatic carbocycles. The van der Waals surface area contributed by atoms with Gasteiger partial charge in [-0.15, -0.1) is 0 Å². The van der Waals surface area contributed by atoms with E-state index >= 15 is 0 Å². The molecule has 0 heterocycles. The van der Waals surface area contributed by atoms with E-state index in [0.29, 0.717) is 0 Å². The molecule has 4 N–H and O–H groups in total. The zero-order chi connectivity index (χ0) is 17.1. The van der Waals surface area contributed by atoms with Gasteiger partial charge in [-0.1, -0.05) is 0 Å². The fourth-order valence-electron chi connectivity index (χ4n) is 0. The average molecular weight is 344 g/mol. The third-order valence-electron chi connectivity index (χ3n) is 0.403. The number of carbonyl (C=O) groups is 8. The summed E-state index contributed by atoms with van der Waals surface area (Å²) in [6.45, 7) is 0. The molecule has 0 bridgehead atoms. The normalized spacial score (nSPS) is 6.10. The number of hydrogen-bond acceptors (Lipinski definition) is 8. The molecule has 0 aliphatic heterocycles. The van der Waals surface area contributed by atoms with Crippen LogP contribution in [0.1, 0.15) is 0 Å². The van der Waals surface area contributed by atoms with Crippen LogP contribution in [-0.4, -0.2) is 69.4 Å². The van der Waals surface area contributed by atoms with Gasteiger partial charge in [-0.3, -0.25) is 19.2 Å². The zero-order valence-electron chi connectivity index (χ0n) is 9.86. The Balaban J connectivity index is -0.0000000533. The largest absolute Gasteiger partial charge is 0.476 e. The van der Waals surface area contributed by atoms with Crippen LogP contribution in [0, 0.1) is 0 Å². The first-order valence-corrected chi connectivity index (χ1v) is 3.81. The molecule has 21 heavy (non-hydrogen) atoms. The van der Waals surface area contributed by atoms with Crippen molar-refractivity contribution in [2.24, 2.45) is 0 Å². The van der Waals surface area contributed by atoms with Gasteiger partial charge in [-0.25, -0.2) is 19.2 Å². The SMILES string of the molecule is O=CC(=O)O.O=CC(=O)O.O=CC(=O)O.O=CC(=O)O.[Ti]. The topological polar surface area (TPSA) is 217 Å². The zero-order valence-corrected chi connectivity index (χ0v) is 11.4. The Bertz CT molecular complexity index is 301. The number of carboxylic acids is 4. The standard InChI is InChI=1S/4C2H2O3.Ti/c4*3-1-2(4)5;/h4*1H,(H,4,5);. The Morgan fingerprint density at radius 1 is 0.476 bits per heavy atom. The van der Waals surface area contributed by atoms with Gasteiger partial charge < -0.3 is 20.4 Å². The van der Waals surface area contributed by atoms with Crippen molar-refractivity contribution in [3.8, 4) is 0 Å². The summed E-state index contributed by atoms with van der Waals surface area (Å²) < 4.78 is 0. The van der Waals surface area contributed by atoms with E-state index in [1.165, 1.54) is 0 Å². The summed E-state index contributed by atoms with van der Waals surface area (Å²) in [5.74, 6) is -5.70. The van der Waals surface area contributed by atoms with Crippen LogP contribution in [0.4, 0.5) is 0 Å². The Morgan fingerprint density at radius 2 is 0.524 bits per heavy atom. The number of hydrogen-bond donors (Lipinski definition) is 4. The molecule has 0 saturated carbocycles. The van der Waals surface area contributed by atoms with Gasteiger partial charge >= 0.3 is 23.9 Å². The van der Waals surface area contributed by atoms with Crippen molar-refractivity contribution in [3.63, 3.8) is 0 Å². The summed E-state index contributed by atoms with van der Waals surface area (Å²) in [4.78, 5) is 71.6. The predicted molar refractivity (Wildman–Crippen MR) is 54.8 cm³/mol. The van der Waals surface area contributed by atoms with Crippen molar-refractivity contribution in [2.45, 2.75) is 0 Å². The Labute approximate surface area is 130 Å². The van der Waals surface area contributed by atoms with Crippen molar-refractivity contribution in [3.05, 3.63) is 0 Å². The van der Waals surface area contributed by atoms with Crippen molar-refractivity contribution in [1.29, 1.82) is 0 Å². The second-order valence-electron chi connectivity index (χ2n) is 1.82. The molecular formula is C8H8O12Ti. The minimum atomic E-state index is -1.43. The summed E-state index contributed by atoms with van der Waals surface area (Å²) in [6, 6.07) is 0. The predicted octanol–water partition coefficient (Wildman–Crippen LogP) is -2.92. The minimum absolute atomic E-state index is 0. The quantitative estimate of drug-likeness (QED) is 0.229. The first-order valence-electron chi connectivity index (χ1n) is 3.81. The summed E-state index contributed by atoms with van der Waals surface area (Å²) >= 11 is 0. The Kier molecular flexibility index (Phi) is 38.3. The number of aldehydes is 4. The van der Waals surface area contributed by atoms with E-state index in [2.05, 4.69) is 0 Å². The average Bonchev–Trinajstić information content (AvgIpc) is 2.40. The van der Waals surface area contributed by atoms with E-state index in [1.807, 2.05) is 0 Å². The summed E-state index contributed by atoms with van der Waals surface area (Å²) in [6.07, 6.45) is -0.667. The molecule has 0 rings (SSSR count).